The molecule has 1 aliphatic heterocycles. The third-order valence-corrected chi connectivity index (χ3v) is 6.49. The van der Waals surface area contributed by atoms with Crippen molar-refractivity contribution < 1.29 is 14.3 Å². The van der Waals surface area contributed by atoms with Gasteiger partial charge in [-0.25, -0.2) is 4.68 Å². The number of ether oxygens (including phenoxy) is 1. The molecule has 2 amide bonds. The van der Waals surface area contributed by atoms with Crippen molar-refractivity contribution in [2.24, 2.45) is 0 Å². The molecule has 188 valence electrons. The number of morpholine rings is 1. The molecule has 3 aromatic carbocycles. The first kappa shape index (κ1) is 24.7. The number of nitrogens with one attached hydrogen (secondary N) is 2. The van der Waals surface area contributed by atoms with Gasteiger partial charge < -0.3 is 20.3 Å². The molecule has 0 bridgehead atoms. The summed E-state index contributed by atoms with van der Waals surface area (Å²) in [5.41, 5.74) is 4.54. The van der Waals surface area contributed by atoms with Crippen LogP contribution in [0.3, 0.4) is 0 Å². The summed E-state index contributed by atoms with van der Waals surface area (Å²) >= 11 is 3.42. The Morgan fingerprint density at radius 2 is 1.68 bits per heavy atom. The first-order valence-electron chi connectivity index (χ1n) is 12.0. The minimum Gasteiger partial charge on any atom is -0.378 e. The van der Waals surface area contributed by atoms with Gasteiger partial charge in [0, 0.05) is 34.5 Å². The van der Waals surface area contributed by atoms with Gasteiger partial charge in [0.15, 0.2) is 0 Å². The fraction of sp³-hybridized carbons (Fsp3) is 0.179. The number of rotatable bonds is 7. The molecule has 9 heteroatoms. The van der Waals surface area contributed by atoms with Crippen molar-refractivity contribution in [1.29, 1.82) is 0 Å². The van der Waals surface area contributed by atoms with Crippen LogP contribution in [0.1, 0.15) is 15.9 Å². The number of anilines is 3. The Hall–Kier alpha value is -3.95. The van der Waals surface area contributed by atoms with Crippen LogP contribution < -0.4 is 15.5 Å². The summed E-state index contributed by atoms with van der Waals surface area (Å²) in [7, 11) is 0. The number of hydrogen-bond acceptors (Lipinski definition) is 5. The molecule has 2 N–H and O–H groups in total. The van der Waals surface area contributed by atoms with E-state index in [9.17, 15) is 9.59 Å². The van der Waals surface area contributed by atoms with Crippen LogP contribution in [0, 0.1) is 0 Å². The van der Waals surface area contributed by atoms with E-state index in [1.165, 1.54) is 0 Å². The van der Waals surface area contributed by atoms with Gasteiger partial charge in [0.05, 0.1) is 43.4 Å². The van der Waals surface area contributed by atoms with Gasteiger partial charge in [0.2, 0.25) is 5.91 Å². The lowest BCUT2D eigenvalue weighted by molar-refractivity contribution is -0.115. The van der Waals surface area contributed by atoms with E-state index >= 15 is 0 Å². The smallest absolute Gasteiger partial charge is 0.255 e. The number of aromatic nitrogens is 2. The van der Waals surface area contributed by atoms with Crippen LogP contribution in [0.2, 0.25) is 0 Å². The van der Waals surface area contributed by atoms with E-state index in [-0.39, 0.29) is 18.2 Å². The summed E-state index contributed by atoms with van der Waals surface area (Å²) in [5, 5.41) is 10.2. The largest absolute Gasteiger partial charge is 0.378 e. The molecule has 0 unspecified atom stereocenters. The normalized spacial score (nSPS) is 13.3. The number of benzene rings is 3. The third-order valence-electron chi connectivity index (χ3n) is 5.99. The van der Waals surface area contributed by atoms with Gasteiger partial charge in [0.1, 0.15) is 0 Å². The van der Waals surface area contributed by atoms with E-state index in [4.69, 9.17) is 4.74 Å². The summed E-state index contributed by atoms with van der Waals surface area (Å²) < 4.78 is 7.96. The highest BCUT2D eigenvalue weighted by Gasteiger charge is 2.13. The van der Waals surface area contributed by atoms with Gasteiger partial charge in [0.25, 0.3) is 5.91 Å². The van der Waals surface area contributed by atoms with E-state index in [1.54, 1.807) is 35.3 Å². The lowest BCUT2D eigenvalue weighted by Gasteiger charge is -2.28. The Kier molecular flexibility index (Phi) is 7.62. The Morgan fingerprint density at radius 3 is 2.46 bits per heavy atom. The Morgan fingerprint density at radius 1 is 0.892 bits per heavy atom. The van der Waals surface area contributed by atoms with E-state index in [2.05, 4.69) is 36.6 Å². The molecule has 0 aliphatic carbocycles. The monoisotopic (exact) mass is 559 g/mol. The SMILES string of the molecule is O=C(Cc1cccc(Br)c1)Nc1cnn(-c2cccc(C(=O)Nc3ccc(N4CCOCC4)cc3)c2)c1. The van der Waals surface area contributed by atoms with Crippen LogP contribution in [0.5, 0.6) is 0 Å². The first-order chi connectivity index (χ1) is 18.0. The van der Waals surface area contributed by atoms with Crippen molar-refractivity contribution in [2.75, 3.05) is 41.8 Å². The Labute approximate surface area is 223 Å². The average molecular weight is 560 g/mol. The molecule has 8 nitrogen and oxygen atoms in total. The van der Waals surface area contributed by atoms with Crippen LogP contribution in [-0.2, 0) is 16.0 Å². The van der Waals surface area contributed by atoms with E-state index < -0.39 is 0 Å². The molecular weight excluding hydrogens is 534 g/mol. The lowest BCUT2D eigenvalue weighted by atomic mass is 10.1. The van der Waals surface area contributed by atoms with Crippen LogP contribution in [0.25, 0.3) is 5.69 Å². The first-order valence-corrected chi connectivity index (χ1v) is 12.8. The van der Waals surface area contributed by atoms with Gasteiger partial charge in [-0.15, -0.1) is 0 Å². The predicted octanol–water partition coefficient (Wildman–Crippen LogP) is 4.90. The summed E-state index contributed by atoms with van der Waals surface area (Å²) in [5.74, 6) is -0.346. The fourth-order valence-electron chi connectivity index (χ4n) is 4.14. The number of carbonyl (C=O) groups excluding carboxylic acids is 2. The maximum Gasteiger partial charge on any atom is 0.255 e. The molecule has 1 fully saturated rings. The standard InChI is InChI=1S/C28H26BrN5O3/c29-22-5-1-3-20(15-22)16-27(35)31-24-18-30-34(19-24)26-6-2-4-21(17-26)28(36)32-23-7-9-25(10-8-23)33-11-13-37-14-12-33/h1-10,15,17-19H,11-14,16H2,(H,31,35)(H,32,36). The number of nitrogens with zero attached hydrogens (tertiary/aromatic N) is 3. The molecule has 0 radical (unpaired) electrons. The van der Waals surface area contributed by atoms with Crippen molar-refractivity contribution in [3.63, 3.8) is 0 Å². The minimum absolute atomic E-state index is 0.134. The van der Waals surface area contributed by atoms with Crippen molar-refractivity contribution in [2.45, 2.75) is 6.42 Å². The fourth-order valence-corrected chi connectivity index (χ4v) is 4.58. The van der Waals surface area contributed by atoms with E-state index in [0.717, 1.165) is 47.7 Å². The molecule has 1 aromatic heterocycles. The zero-order chi connectivity index (χ0) is 25.6. The average Bonchev–Trinajstić information content (AvgIpc) is 3.38. The van der Waals surface area contributed by atoms with Crippen molar-refractivity contribution in [1.82, 2.24) is 9.78 Å². The highest BCUT2D eigenvalue weighted by atomic mass is 79.9. The second kappa shape index (κ2) is 11.4. The number of halogens is 1. The predicted molar refractivity (Wildman–Crippen MR) is 147 cm³/mol. The summed E-state index contributed by atoms with van der Waals surface area (Å²) in [6.07, 6.45) is 3.56. The molecular formula is C28H26BrN5O3. The molecule has 4 aromatic rings. The van der Waals surface area contributed by atoms with E-state index in [1.807, 2.05) is 54.6 Å². The molecule has 2 heterocycles. The third kappa shape index (κ3) is 6.44. The molecule has 0 spiro atoms. The van der Waals surface area contributed by atoms with Gasteiger partial charge >= 0.3 is 0 Å². The van der Waals surface area contributed by atoms with E-state index in [0.29, 0.717) is 16.9 Å². The molecule has 0 atom stereocenters. The number of carbonyl (C=O) groups is 2. The second-order valence-electron chi connectivity index (χ2n) is 8.68. The zero-order valence-electron chi connectivity index (χ0n) is 20.1. The highest BCUT2D eigenvalue weighted by Crippen LogP contribution is 2.20. The van der Waals surface area contributed by atoms with Crippen molar-refractivity contribution in [3.05, 3.63) is 101 Å². The highest BCUT2D eigenvalue weighted by molar-refractivity contribution is 9.10. The molecule has 37 heavy (non-hydrogen) atoms. The maximum atomic E-state index is 12.9. The summed E-state index contributed by atoms with van der Waals surface area (Å²) in [4.78, 5) is 27.6. The van der Waals surface area contributed by atoms with Crippen LogP contribution in [-0.4, -0.2) is 47.9 Å². The molecule has 1 aliphatic rings. The summed E-state index contributed by atoms with van der Waals surface area (Å²) in [6.45, 7) is 3.18. The number of amides is 2. The molecule has 0 saturated carbocycles. The molecule has 1 saturated heterocycles. The molecule has 5 rings (SSSR count). The van der Waals surface area contributed by atoms with Gasteiger partial charge in [-0.05, 0) is 60.2 Å². The minimum atomic E-state index is -0.212. The van der Waals surface area contributed by atoms with Crippen LogP contribution in [0.4, 0.5) is 17.1 Å². The quantitative estimate of drug-likeness (QED) is 0.336. The van der Waals surface area contributed by atoms with Gasteiger partial charge in [-0.2, -0.15) is 5.10 Å². The van der Waals surface area contributed by atoms with Crippen molar-refractivity contribution >= 4 is 44.8 Å². The zero-order valence-corrected chi connectivity index (χ0v) is 21.6. The topological polar surface area (TPSA) is 88.5 Å². The maximum absolute atomic E-state index is 12.9. The second-order valence-corrected chi connectivity index (χ2v) is 9.59. The van der Waals surface area contributed by atoms with Crippen LogP contribution >= 0.6 is 15.9 Å². The van der Waals surface area contributed by atoms with Gasteiger partial charge in [-0.3, -0.25) is 9.59 Å². The Balaban J connectivity index is 1.21. The van der Waals surface area contributed by atoms with Crippen LogP contribution in [0.15, 0.2) is 89.7 Å². The Bertz CT molecular complexity index is 1400. The van der Waals surface area contributed by atoms with Crippen molar-refractivity contribution in [3.8, 4) is 5.69 Å². The summed E-state index contributed by atoms with van der Waals surface area (Å²) in [6, 6.07) is 22.6. The lowest BCUT2D eigenvalue weighted by Crippen LogP contribution is -2.36. The number of hydrogen-bond donors (Lipinski definition) is 2. The van der Waals surface area contributed by atoms with Gasteiger partial charge in [-0.1, -0.05) is 34.1 Å².